The average Bonchev–Trinajstić information content (AvgIpc) is 2.16. The van der Waals surface area contributed by atoms with Gasteiger partial charge in [0.2, 0.25) is 5.82 Å². The first-order valence-electron chi connectivity index (χ1n) is 4.84. The lowest BCUT2D eigenvalue weighted by molar-refractivity contribution is 0.333. The van der Waals surface area contributed by atoms with Crippen molar-refractivity contribution in [3.63, 3.8) is 0 Å². The molecule has 0 saturated heterocycles. The van der Waals surface area contributed by atoms with E-state index < -0.39 is 0 Å². The van der Waals surface area contributed by atoms with Crippen LogP contribution in [0.15, 0.2) is 12.4 Å². The van der Waals surface area contributed by atoms with Gasteiger partial charge in [-0.1, -0.05) is 6.42 Å². The van der Waals surface area contributed by atoms with Crippen molar-refractivity contribution in [2.24, 2.45) is 5.92 Å². The van der Waals surface area contributed by atoms with Crippen LogP contribution < -0.4 is 5.32 Å². The van der Waals surface area contributed by atoms with Gasteiger partial charge < -0.3 is 5.32 Å². The van der Waals surface area contributed by atoms with E-state index in [0.717, 1.165) is 18.2 Å². The molecule has 2 rings (SSSR count). The topological polar surface area (TPSA) is 61.6 Å². The first-order valence-corrected chi connectivity index (χ1v) is 4.84. The molecule has 1 fully saturated rings. The summed E-state index contributed by atoms with van der Waals surface area (Å²) in [5.41, 5.74) is 0.899. The van der Waals surface area contributed by atoms with Gasteiger partial charge in [0, 0.05) is 6.54 Å². The first kappa shape index (κ1) is 8.95. The third-order valence-electron chi connectivity index (χ3n) is 2.57. The minimum Gasteiger partial charge on any atom is -0.382 e. The van der Waals surface area contributed by atoms with Crippen molar-refractivity contribution in [2.75, 3.05) is 11.9 Å². The van der Waals surface area contributed by atoms with E-state index in [1.807, 2.05) is 6.07 Å². The molecule has 1 saturated carbocycles. The molecule has 0 aromatic carbocycles. The van der Waals surface area contributed by atoms with Gasteiger partial charge in [-0.15, -0.1) is 0 Å². The highest BCUT2D eigenvalue weighted by molar-refractivity contribution is 5.38. The molecule has 1 aromatic rings. The van der Waals surface area contributed by atoms with Crippen molar-refractivity contribution < 1.29 is 0 Å². The van der Waals surface area contributed by atoms with Crippen LogP contribution in [0.25, 0.3) is 0 Å². The normalized spacial score (nSPS) is 15.6. The first-order chi connectivity index (χ1) is 6.88. The van der Waals surface area contributed by atoms with Crippen LogP contribution in [0.5, 0.6) is 0 Å². The van der Waals surface area contributed by atoms with Crippen molar-refractivity contribution in [1.82, 2.24) is 9.97 Å². The van der Waals surface area contributed by atoms with E-state index in [1.54, 1.807) is 12.4 Å². The van der Waals surface area contributed by atoms with E-state index in [2.05, 4.69) is 15.3 Å². The fourth-order valence-electron chi connectivity index (χ4n) is 1.44. The van der Waals surface area contributed by atoms with Crippen LogP contribution in [0.2, 0.25) is 0 Å². The summed E-state index contributed by atoms with van der Waals surface area (Å²) in [6.45, 7) is 0.995. The maximum Gasteiger partial charge on any atom is 0.232 e. The van der Waals surface area contributed by atoms with Crippen molar-refractivity contribution in [2.45, 2.75) is 19.3 Å². The van der Waals surface area contributed by atoms with Gasteiger partial charge in [-0.2, -0.15) is 5.26 Å². The van der Waals surface area contributed by atoms with E-state index in [-0.39, 0.29) is 5.82 Å². The summed E-state index contributed by atoms with van der Waals surface area (Å²) in [6.07, 6.45) is 7.32. The molecule has 4 nitrogen and oxygen atoms in total. The Morgan fingerprint density at radius 3 is 2.64 bits per heavy atom. The van der Waals surface area contributed by atoms with E-state index in [0.29, 0.717) is 0 Å². The largest absolute Gasteiger partial charge is 0.382 e. The average molecular weight is 188 g/mol. The number of hydrogen-bond acceptors (Lipinski definition) is 4. The van der Waals surface area contributed by atoms with Gasteiger partial charge in [0.1, 0.15) is 6.07 Å². The van der Waals surface area contributed by atoms with Gasteiger partial charge in [-0.25, -0.2) is 9.97 Å². The van der Waals surface area contributed by atoms with Crippen molar-refractivity contribution in [3.8, 4) is 6.07 Å². The van der Waals surface area contributed by atoms with Crippen LogP contribution in [-0.2, 0) is 0 Å². The van der Waals surface area contributed by atoms with Crippen LogP contribution in [0.1, 0.15) is 25.1 Å². The van der Waals surface area contributed by atoms with Crippen molar-refractivity contribution in [3.05, 3.63) is 18.2 Å². The Labute approximate surface area is 83.0 Å². The molecule has 14 heavy (non-hydrogen) atoms. The second kappa shape index (κ2) is 4.05. The highest BCUT2D eigenvalue weighted by Crippen LogP contribution is 2.26. The van der Waals surface area contributed by atoms with Gasteiger partial charge >= 0.3 is 0 Å². The van der Waals surface area contributed by atoms with Gasteiger partial charge in [-0.3, -0.25) is 0 Å². The monoisotopic (exact) mass is 188 g/mol. The number of anilines is 1. The molecule has 0 spiro atoms. The molecule has 1 aliphatic carbocycles. The molecule has 1 heterocycles. The Balaban J connectivity index is 1.86. The number of rotatable bonds is 3. The Morgan fingerprint density at radius 2 is 2.14 bits per heavy atom. The third-order valence-corrected chi connectivity index (χ3v) is 2.57. The van der Waals surface area contributed by atoms with Gasteiger partial charge in [-0.05, 0) is 18.8 Å². The Kier molecular flexibility index (Phi) is 2.59. The molecule has 0 amide bonds. The predicted octanol–water partition coefficient (Wildman–Crippen LogP) is 1.56. The maximum absolute atomic E-state index is 8.50. The highest BCUT2D eigenvalue weighted by atomic mass is 14.9. The number of nitriles is 1. The van der Waals surface area contributed by atoms with E-state index in [4.69, 9.17) is 5.26 Å². The lowest BCUT2D eigenvalue weighted by Gasteiger charge is -2.25. The molecule has 0 unspecified atom stereocenters. The van der Waals surface area contributed by atoms with Gasteiger partial charge in [0.05, 0.1) is 18.1 Å². The quantitative estimate of drug-likeness (QED) is 0.781. The fraction of sp³-hybridized carbons (Fsp3) is 0.500. The van der Waals surface area contributed by atoms with Gasteiger partial charge in [0.15, 0.2) is 0 Å². The molecule has 1 N–H and O–H groups in total. The zero-order chi connectivity index (χ0) is 9.80. The molecule has 4 heteroatoms. The second-order valence-electron chi connectivity index (χ2n) is 3.58. The number of nitrogens with zero attached hydrogens (tertiary/aromatic N) is 3. The lowest BCUT2D eigenvalue weighted by Crippen LogP contribution is -2.21. The standard InChI is InChI=1S/C10H12N4/c11-4-10-13-6-9(7-14-10)12-5-8-2-1-3-8/h6-8,12H,1-3,5H2. The fourth-order valence-corrected chi connectivity index (χ4v) is 1.44. The van der Waals surface area contributed by atoms with Crippen molar-refractivity contribution >= 4 is 5.69 Å². The summed E-state index contributed by atoms with van der Waals surface area (Å²) in [4.78, 5) is 7.77. The molecule has 1 aliphatic rings. The lowest BCUT2D eigenvalue weighted by atomic mass is 9.85. The van der Waals surface area contributed by atoms with Gasteiger partial charge in [0.25, 0.3) is 0 Å². The summed E-state index contributed by atoms with van der Waals surface area (Å²) in [5.74, 6) is 1.03. The Bertz CT molecular complexity index is 334. The molecular weight excluding hydrogens is 176 g/mol. The summed E-state index contributed by atoms with van der Waals surface area (Å²) in [6, 6.07) is 1.89. The zero-order valence-electron chi connectivity index (χ0n) is 7.90. The smallest absolute Gasteiger partial charge is 0.232 e. The van der Waals surface area contributed by atoms with Crippen LogP contribution in [-0.4, -0.2) is 16.5 Å². The van der Waals surface area contributed by atoms with E-state index in [9.17, 15) is 0 Å². The SMILES string of the molecule is N#Cc1ncc(NCC2CCC2)cn1. The summed E-state index contributed by atoms with van der Waals surface area (Å²) in [7, 11) is 0. The highest BCUT2D eigenvalue weighted by Gasteiger charge is 2.16. The number of aromatic nitrogens is 2. The molecule has 0 aliphatic heterocycles. The Morgan fingerprint density at radius 1 is 1.43 bits per heavy atom. The summed E-state index contributed by atoms with van der Waals surface area (Å²) >= 11 is 0. The van der Waals surface area contributed by atoms with Crippen LogP contribution >= 0.6 is 0 Å². The maximum atomic E-state index is 8.50. The minimum absolute atomic E-state index is 0.221. The predicted molar refractivity (Wildman–Crippen MR) is 52.6 cm³/mol. The minimum atomic E-state index is 0.221. The van der Waals surface area contributed by atoms with Crippen LogP contribution in [0.4, 0.5) is 5.69 Å². The Hall–Kier alpha value is -1.63. The second-order valence-corrected chi connectivity index (χ2v) is 3.58. The summed E-state index contributed by atoms with van der Waals surface area (Å²) < 4.78 is 0. The number of nitrogens with one attached hydrogen (secondary N) is 1. The van der Waals surface area contributed by atoms with Crippen LogP contribution in [0.3, 0.4) is 0 Å². The summed E-state index contributed by atoms with van der Waals surface area (Å²) in [5, 5.41) is 11.8. The molecule has 72 valence electrons. The van der Waals surface area contributed by atoms with Crippen molar-refractivity contribution in [1.29, 1.82) is 5.26 Å². The van der Waals surface area contributed by atoms with Crippen LogP contribution in [0, 0.1) is 17.2 Å². The molecule has 0 atom stereocenters. The molecule has 1 aromatic heterocycles. The molecular formula is C10H12N4. The zero-order valence-corrected chi connectivity index (χ0v) is 7.90. The van der Waals surface area contributed by atoms with E-state index >= 15 is 0 Å². The molecule has 0 bridgehead atoms. The number of hydrogen-bond donors (Lipinski definition) is 1. The third kappa shape index (κ3) is 1.99. The van der Waals surface area contributed by atoms with E-state index in [1.165, 1.54) is 19.3 Å². The molecule has 0 radical (unpaired) electrons.